The number of anilines is 1. The van der Waals surface area contributed by atoms with Crippen LogP contribution in [0.2, 0.25) is 0 Å². The lowest BCUT2D eigenvalue weighted by molar-refractivity contribution is 0.141. The Morgan fingerprint density at radius 1 is 0.905 bits per heavy atom. The highest BCUT2D eigenvalue weighted by Gasteiger charge is 2.27. The highest BCUT2D eigenvalue weighted by Crippen LogP contribution is 2.26. The second kappa shape index (κ2) is 6.22. The first-order valence-electron chi connectivity index (χ1n) is 7.65. The molecule has 0 saturated carbocycles. The minimum absolute atomic E-state index is 0.0639. The van der Waals surface area contributed by atoms with Crippen molar-refractivity contribution in [1.82, 2.24) is 9.88 Å². The summed E-state index contributed by atoms with van der Waals surface area (Å²) in [6.45, 7) is 3.55. The van der Waals surface area contributed by atoms with Gasteiger partial charge >= 0.3 is 0 Å². The molecule has 1 aromatic rings. The Morgan fingerprint density at radius 2 is 1.57 bits per heavy atom. The maximum absolute atomic E-state index is 13.7. The summed E-state index contributed by atoms with van der Waals surface area (Å²) >= 11 is 0. The van der Waals surface area contributed by atoms with Gasteiger partial charge in [0.25, 0.3) is 5.95 Å². The molecule has 0 unspecified atom stereocenters. The number of aromatic nitrogens is 1. The second-order valence-corrected chi connectivity index (χ2v) is 5.88. The average Bonchev–Trinajstić information content (AvgIpc) is 2.52. The second-order valence-electron chi connectivity index (χ2n) is 5.88. The van der Waals surface area contributed by atoms with E-state index < -0.39 is 17.6 Å². The van der Waals surface area contributed by atoms with Crippen molar-refractivity contribution in [3.8, 4) is 0 Å². The zero-order valence-corrected chi connectivity index (χ0v) is 12.0. The van der Waals surface area contributed by atoms with Gasteiger partial charge in [-0.25, -0.2) is 8.78 Å². The van der Waals surface area contributed by atoms with Gasteiger partial charge in [-0.3, -0.25) is 0 Å². The van der Waals surface area contributed by atoms with Crippen molar-refractivity contribution >= 4 is 5.82 Å². The normalized spacial score (nSPS) is 21.8. The molecule has 1 aromatic heterocycles. The summed E-state index contributed by atoms with van der Waals surface area (Å²) < 4.78 is 39.9. The van der Waals surface area contributed by atoms with Crippen molar-refractivity contribution < 1.29 is 13.2 Å². The lowest BCUT2D eigenvalue weighted by atomic mass is 10.00. The van der Waals surface area contributed by atoms with Crippen LogP contribution in [0, 0.1) is 17.6 Å². The van der Waals surface area contributed by atoms with Gasteiger partial charge in [0.1, 0.15) is 0 Å². The summed E-state index contributed by atoms with van der Waals surface area (Å²) in [6, 6.07) is 1.10. The molecule has 0 amide bonds. The Bertz CT molecular complexity index is 495. The van der Waals surface area contributed by atoms with E-state index in [0.717, 1.165) is 25.9 Å². The third-order valence-electron chi connectivity index (χ3n) is 4.54. The molecule has 2 saturated heterocycles. The molecule has 0 aromatic carbocycles. The molecular formula is C15H20F3N3. The molecule has 0 atom stereocenters. The van der Waals surface area contributed by atoms with Gasteiger partial charge in [0, 0.05) is 25.2 Å². The van der Waals surface area contributed by atoms with E-state index in [4.69, 9.17) is 0 Å². The van der Waals surface area contributed by atoms with E-state index in [9.17, 15) is 13.2 Å². The maximum atomic E-state index is 13.7. The van der Waals surface area contributed by atoms with Gasteiger partial charge in [-0.2, -0.15) is 9.37 Å². The zero-order valence-electron chi connectivity index (χ0n) is 12.0. The van der Waals surface area contributed by atoms with Gasteiger partial charge in [-0.1, -0.05) is 6.42 Å². The average molecular weight is 299 g/mol. The summed E-state index contributed by atoms with van der Waals surface area (Å²) in [5.41, 5.74) is 0. The van der Waals surface area contributed by atoms with E-state index in [1.165, 1.54) is 19.3 Å². The van der Waals surface area contributed by atoms with E-state index in [0.29, 0.717) is 25.2 Å². The van der Waals surface area contributed by atoms with Crippen LogP contribution < -0.4 is 4.90 Å². The molecule has 2 fully saturated rings. The van der Waals surface area contributed by atoms with Crippen molar-refractivity contribution in [2.45, 2.75) is 38.1 Å². The molecule has 21 heavy (non-hydrogen) atoms. The number of hydrogen-bond acceptors (Lipinski definition) is 3. The molecule has 0 aliphatic carbocycles. The third kappa shape index (κ3) is 3.15. The van der Waals surface area contributed by atoms with Crippen LogP contribution in [0.25, 0.3) is 0 Å². The minimum atomic E-state index is -1.24. The highest BCUT2D eigenvalue weighted by molar-refractivity contribution is 5.40. The van der Waals surface area contributed by atoms with Crippen molar-refractivity contribution in [2.75, 3.05) is 31.1 Å². The summed E-state index contributed by atoms with van der Waals surface area (Å²) in [6.07, 6.45) is 5.64. The zero-order chi connectivity index (χ0) is 14.8. The Hall–Kier alpha value is -1.30. The Labute approximate surface area is 122 Å². The first kappa shape index (κ1) is 14.6. The maximum Gasteiger partial charge on any atom is 0.251 e. The van der Waals surface area contributed by atoms with E-state index in [1.807, 2.05) is 0 Å². The van der Waals surface area contributed by atoms with Gasteiger partial charge in [0.15, 0.2) is 17.5 Å². The first-order valence-corrected chi connectivity index (χ1v) is 7.65. The monoisotopic (exact) mass is 299 g/mol. The van der Waals surface area contributed by atoms with Gasteiger partial charge in [-0.05, 0) is 38.8 Å². The van der Waals surface area contributed by atoms with Crippen LogP contribution in [0.15, 0.2) is 6.07 Å². The van der Waals surface area contributed by atoms with E-state index >= 15 is 0 Å². The number of nitrogens with zero attached hydrogens (tertiary/aromatic N) is 3. The number of rotatable bonds is 2. The SMILES string of the molecule is Fc1cc(F)c(N2CCC(N3CCCCC3)CC2)nc1F. The summed E-state index contributed by atoms with van der Waals surface area (Å²) in [4.78, 5) is 7.66. The van der Waals surface area contributed by atoms with E-state index in [1.54, 1.807) is 4.90 Å². The van der Waals surface area contributed by atoms with Crippen LogP contribution in [0.3, 0.4) is 0 Å². The molecule has 3 nitrogen and oxygen atoms in total. The third-order valence-corrected chi connectivity index (χ3v) is 4.54. The summed E-state index contributed by atoms with van der Waals surface area (Å²) in [5.74, 6) is -3.32. The van der Waals surface area contributed by atoms with Gasteiger partial charge in [0.2, 0.25) is 0 Å². The Balaban J connectivity index is 1.64. The molecule has 0 spiro atoms. The Kier molecular flexibility index (Phi) is 4.33. The number of likely N-dealkylation sites (tertiary alicyclic amines) is 1. The summed E-state index contributed by atoms with van der Waals surface area (Å²) in [5, 5.41) is 0. The van der Waals surface area contributed by atoms with Gasteiger partial charge in [0.05, 0.1) is 0 Å². The number of piperidine rings is 2. The number of pyridine rings is 1. The van der Waals surface area contributed by atoms with Crippen molar-refractivity contribution in [2.24, 2.45) is 0 Å². The lowest BCUT2D eigenvalue weighted by Crippen LogP contribution is -2.47. The van der Waals surface area contributed by atoms with Crippen LogP contribution in [0.4, 0.5) is 19.0 Å². The molecule has 0 radical (unpaired) electrons. The van der Waals surface area contributed by atoms with Crippen LogP contribution in [-0.4, -0.2) is 42.1 Å². The minimum Gasteiger partial charge on any atom is -0.354 e. The molecule has 6 heteroatoms. The molecule has 2 aliphatic heterocycles. The van der Waals surface area contributed by atoms with E-state index in [2.05, 4.69) is 9.88 Å². The summed E-state index contributed by atoms with van der Waals surface area (Å²) in [7, 11) is 0. The molecular weight excluding hydrogens is 279 g/mol. The fourth-order valence-electron chi connectivity index (χ4n) is 3.38. The predicted octanol–water partition coefficient (Wildman–Crippen LogP) is 2.95. The van der Waals surface area contributed by atoms with Crippen LogP contribution in [0.5, 0.6) is 0 Å². The fourth-order valence-corrected chi connectivity index (χ4v) is 3.38. The highest BCUT2D eigenvalue weighted by atomic mass is 19.2. The standard InChI is InChI=1S/C15H20F3N3/c16-12-10-13(17)15(19-14(12)18)21-8-4-11(5-9-21)20-6-2-1-3-7-20/h10-11H,1-9H2. The molecule has 116 valence electrons. The molecule has 3 rings (SSSR count). The lowest BCUT2D eigenvalue weighted by Gasteiger charge is -2.40. The van der Waals surface area contributed by atoms with Gasteiger partial charge in [-0.15, -0.1) is 0 Å². The van der Waals surface area contributed by atoms with Crippen molar-refractivity contribution in [1.29, 1.82) is 0 Å². The van der Waals surface area contributed by atoms with Crippen molar-refractivity contribution in [3.63, 3.8) is 0 Å². The quantitative estimate of drug-likeness (QED) is 0.783. The molecule has 2 aliphatic rings. The molecule has 0 N–H and O–H groups in total. The van der Waals surface area contributed by atoms with Crippen LogP contribution in [-0.2, 0) is 0 Å². The molecule has 0 bridgehead atoms. The Morgan fingerprint density at radius 3 is 2.24 bits per heavy atom. The first-order chi connectivity index (χ1) is 10.1. The molecule has 3 heterocycles. The van der Waals surface area contributed by atoms with Gasteiger partial charge < -0.3 is 9.80 Å². The van der Waals surface area contributed by atoms with Crippen LogP contribution in [0.1, 0.15) is 32.1 Å². The number of hydrogen-bond donors (Lipinski definition) is 0. The topological polar surface area (TPSA) is 19.4 Å². The van der Waals surface area contributed by atoms with Crippen molar-refractivity contribution in [3.05, 3.63) is 23.6 Å². The fraction of sp³-hybridized carbons (Fsp3) is 0.667. The number of halogens is 3. The predicted molar refractivity (Wildman–Crippen MR) is 74.8 cm³/mol. The largest absolute Gasteiger partial charge is 0.354 e. The van der Waals surface area contributed by atoms with Crippen LogP contribution >= 0.6 is 0 Å². The smallest absolute Gasteiger partial charge is 0.251 e. The van der Waals surface area contributed by atoms with E-state index in [-0.39, 0.29) is 5.82 Å².